The van der Waals surface area contributed by atoms with Crippen molar-refractivity contribution < 1.29 is 4.21 Å². The molecule has 0 spiro atoms. The fourth-order valence-electron chi connectivity index (χ4n) is 0.271. The highest BCUT2D eigenvalue weighted by molar-refractivity contribution is 7.82. The van der Waals surface area contributed by atoms with Gasteiger partial charge in [-0.25, -0.2) is 4.21 Å². The Morgan fingerprint density at radius 3 is 2.75 bits per heavy atom. The highest BCUT2D eigenvalue weighted by Crippen LogP contribution is 1.75. The first-order valence-electron chi connectivity index (χ1n) is 1.87. The number of tetrazole rings is 1. The maximum absolute atomic E-state index is 10.4. The van der Waals surface area contributed by atoms with Crippen LogP contribution in [0.25, 0.3) is 0 Å². The number of hydrogen-bond donors (Lipinski definition) is 0. The fraction of sp³-hybridized carbons (Fsp3) is 0.500. The molecule has 0 bridgehead atoms. The van der Waals surface area contributed by atoms with E-state index >= 15 is 0 Å². The SMILES string of the molecule is CS(=O)n1cnnn1. The monoisotopic (exact) mass is 132 g/mol. The number of aromatic nitrogens is 4. The summed E-state index contributed by atoms with van der Waals surface area (Å²) in [5.41, 5.74) is 0. The van der Waals surface area contributed by atoms with Crippen LogP contribution >= 0.6 is 0 Å². The van der Waals surface area contributed by atoms with Crippen LogP contribution in [0.1, 0.15) is 0 Å². The molecule has 0 aromatic carbocycles. The smallest absolute Gasteiger partial charge is 0.153 e. The van der Waals surface area contributed by atoms with Gasteiger partial charge in [-0.15, -0.1) is 9.19 Å². The fourth-order valence-corrected chi connectivity index (χ4v) is 0.581. The van der Waals surface area contributed by atoms with Crippen LogP contribution in [0.4, 0.5) is 0 Å². The van der Waals surface area contributed by atoms with Crippen molar-refractivity contribution in [2.45, 2.75) is 0 Å². The third kappa shape index (κ3) is 0.890. The van der Waals surface area contributed by atoms with Crippen LogP contribution in [-0.2, 0) is 11.0 Å². The highest BCUT2D eigenvalue weighted by atomic mass is 32.2. The first kappa shape index (κ1) is 5.36. The zero-order chi connectivity index (χ0) is 5.98. The molecule has 0 saturated heterocycles. The molecule has 1 heterocycles. The van der Waals surface area contributed by atoms with Crippen LogP contribution in [0.15, 0.2) is 6.33 Å². The maximum atomic E-state index is 10.4. The van der Waals surface area contributed by atoms with E-state index in [4.69, 9.17) is 0 Å². The van der Waals surface area contributed by atoms with Crippen LogP contribution in [0.5, 0.6) is 0 Å². The lowest BCUT2D eigenvalue weighted by atomic mass is 11.4. The molecule has 0 saturated carbocycles. The summed E-state index contributed by atoms with van der Waals surface area (Å²) in [6, 6.07) is 0. The van der Waals surface area contributed by atoms with Crippen LogP contribution in [0, 0.1) is 0 Å². The average Bonchev–Trinajstić information content (AvgIpc) is 2.12. The molecular weight excluding hydrogens is 128 g/mol. The molecule has 1 unspecified atom stereocenters. The van der Waals surface area contributed by atoms with Gasteiger partial charge in [-0.05, 0) is 10.4 Å². The number of nitrogens with zero attached hydrogens (tertiary/aromatic N) is 4. The van der Waals surface area contributed by atoms with Gasteiger partial charge in [0.1, 0.15) is 11.0 Å². The summed E-state index contributed by atoms with van der Waals surface area (Å²) in [5, 5.41) is 9.94. The van der Waals surface area contributed by atoms with Gasteiger partial charge in [-0.3, -0.25) is 0 Å². The lowest BCUT2D eigenvalue weighted by molar-refractivity contribution is 0.672. The van der Waals surface area contributed by atoms with Crippen LogP contribution < -0.4 is 0 Å². The Hall–Kier alpha value is -0.780. The van der Waals surface area contributed by atoms with Crippen LogP contribution in [0.2, 0.25) is 0 Å². The van der Waals surface area contributed by atoms with Gasteiger partial charge in [0.15, 0.2) is 6.33 Å². The second-order valence-corrected chi connectivity index (χ2v) is 2.36. The van der Waals surface area contributed by atoms with Crippen molar-refractivity contribution in [3.63, 3.8) is 0 Å². The first-order chi connectivity index (χ1) is 3.80. The van der Waals surface area contributed by atoms with Crippen molar-refractivity contribution in [2.24, 2.45) is 0 Å². The predicted molar refractivity (Wildman–Crippen MR) is 27.3 cm³/mol. The number of hydrogen-bond acceptors (Lipinski definition) is 4. The Labute approximate surface area is 48.3 Å². The van der Waals surface area contributed by atoms with Crippen molar-refractivity contribution >= 4 is 11.0 Å². The third-order valence-electron chi connectivity index (χ3n) is 0.594. The summed E-state index contributed by atoms with van der Waals surface area (Å²) in [7, 11) is -1.12. The second-order valence-electron chi connectivity index (χ2n) is 1.14. The molecule has 1 aromatic heterocycles. The molecule has 0 fully saturated rings. The molecule has 0 N–H and O–H groups in total. The van der Waals surface area contributed by atoms with E-state index in [2.05, 4.69) is 15.5 Å². The molecule has 44 valence electrons. The van der Waals surface area contributed by atoms with Gasteiger partial charge in [0, 0.05) is 6.26 Å². The molecule has 8 heavy (non-hydrogen) atoms. The van der Waals surface area contributed by atoms with E-state index in [-0.39, 0.29) is 0 Å². The highest BCUT2D eigenvalue weighted by Gasteiger charge is 1.91. The van der Waals surface area contributed by atoms with Gasteiger partial charge in [-0.1, -0.05) is 0 Å². The van der Waals surface area contributed by atoms with E-state index in [0.717, 1.165) is 0 Å². The lowest BCUT2D eigenvalue weighted by Crippen LogP contribution is -2.01. The third-order valence-corrected chi connectivity index (χ3v) is 1.29. The zero-order valence-electron chi connectivity index (χ0n) is 4.18. The molecule has 0 aliphatic heterocycles. The molecule has 0 amide bonds. The Bertz CT molecular complexity index is 182. The molecule has 0 aliphatic carbocycles. The first-order valence-corrected chi connectivity index (χ1v) is 3.39. The quantitative estimate of drug-likeness (QED) is 0.482. The minimum absolute atomic E-state index is 1.12. The van der Waals surface area contributed by atoms with E-state index in [1.54, 1.807) is 0 Å². The molecule has 1 atom stereocenters. The minimum atomic E-state index is -1.12. The van der Waals surface area contributed by atoms with Gasteiger partial charge >= 0.3 is 0 Å². The number of rotatable bonds is 1. The summed E-state index contributed by atoms with van der Waals surface area (Å²) in [6.07, 6.45) is 2.80. The van der Waals surface area contributed by atoms with Crippen molar-refractivity contribution in [1.82, 2.24) is 19.6 Å². The van der Waals surface area contributed by atoms with E-state index in [9.17, 15) is 4.21 Å². The normalized spacial score (nSPS) is 13.6. The van der Waals surface area contributed by atoms with E-state index in [1.807, 2.05) is 0 Å². The molecule has 1 rings (SSSR count). The van der Waals surface area contributed by atoms with Crippen molar-refractivity contribution in [3.05, 3.63) is 6.33 Å². The van der Waals surface area contributed by atoms with E-state index < -0.39 is 11.0 Å². The van der Waals surface area contributed by atoms with Gasteiger partial charge in [0.2, 0.25) is 0 Å². The van der Waals surface area contributed by atoms with Crippen molar-refractivity contribution in [1.29, 1.82) is 0 Å². The molecular formula is C2H4N4OS. The van der Waals surface area contributed by atoms with Crippen molar-refractivity contribution in [2.75, 3.05) is 6.26 Å². The van der Waals surface area contributed by atoms with E-state index in [0.29, 0.717) is 0 Å². The molecule has 1 aromatic rings. The van der Waals surface area contributed by atoms with Crippen LogP contribution in [-0.4, -0.2) is 30.1 Å². The summed E-state index contributed by atoms with van der Waals surface area (Å²) >= 11 is 0. The van der Waals surface area contributed by atoms with Gasteiger partial charge in [-0.2, -0.15) is 0 Å². The lowest BCUT2D eigenvalue weighted by Gasteiger charge is -1.84. The Balaban J connectivity index is 2.93. The Morgan fingerprint density at radius 1 is 1.75 bits per heavy atom. The van der Waals surface area contributed by atoms with Gasteiger partial charge < -0.3 is 0 Å². The van der Waals surface area contributed by atoms with Gasteiger partial charge in [0.05, 0.1) is 0 Å². The molecule has 6 heteroatoms. The summed E-state index contributed by atoms with van der Waals surface area (Å²) < 4.78 is 11.6. The van der Waals surface area contributed by atoms with Crippen LogP contribution in [0.3, 0.4) is 0 Å². The predicted octanol–water partition coefficient (Wildman–Crippen LogP) is -1.19. The molecule has 0 aliphatic rings. The maximum Gasteiger partial charge on any atom is 0.153 e. The minimum Gasteiger partial charge on any atom is -0.235 e. The zero-order valence-corrected chi connectivity index (χ0v) is 5.00. The summed E-state index contributed by atoms with van der Waals surface area (Å²) in [4.78, 5) is 0. The van der Waals surface area contributed by atoms with E-state index in [1.165, 1.54) is 16.7 Å². The second kappa shape index (κ2) is 1.99. The molecule has 5 nitrogen and oxygen atoms in total. The topological polar surface area (TPSA) is 60.7 Å². The molecule has 0 radical (unpaired) electrons. The standard InChI is InChI=1S/C2H4N4OS/c1-8(7)6-2-3-4-5-6/h2H,1H3. The van der Waals surface area contributed by atoms with Gasteiger partial charge in [0.25, 0.3) is 0 Å². The summed E-state index contributed by atoms with van der Waals surface area (Å²) in [5.74, 6) is 0. The largest absolute Gasteiger partial charge is 0.235 e. The average molecular weight is 132 g/mol. The van der Waals surface area contributed by atoms with Crippen molar-refractivity contribution in [3.8, 4) is 0 Å². The summed E-state index contributed by atoms with van der Waals surface area (Å²) in [6.45, 7) is 0. The Morgan fingerprint density at radius 2 is 2.50 bits per heavy atom. The Kier molecular flexibility index (Phi) is 1.34.